The summed E-state index contributed by atoms with van der Waals surface area (Å²) in [5, 5.41) is 4.84. The average molecular weight is 400 g/mol. The number of benzene rings is 1. The summed E-state index contributed by atoms with van der Waals surface area (Å²) in [5.74, 6) is -1.25. The number of nitrogens with one attached hydrogen (secondary N) is 2. The monoisotopic (exact) mass is 400 g/mol. The molecule has 2 N–H and O–H groups in total. The third kappa shape index (κ3) is 5.24. The van der Waals surface area contributed by atoms with Crippen LogP contribution in [0.5, 0.6) is 0 Å². The average Bonchev–Trinajstić information content (AvgIpc) is 2.60. The van der Waals surface area contributed by atoms with Crippen molar-refractivity contribution in [2.45, 2.75) is 37.8 Å². The van der Waals surface area contributed by atoms with Crippen molar-refractivity contribution >= 4 is 22.0 Å². The highest BCUT2D eigenvalue weighted by molar-refractivity contribution is 7.89. The maximum absolute atomic E-state index is 13.9. The van der Waals surface area contributed by atoms with E-state index in [-0.39, 0.29) is 24.0 Å². The highest BCUT2D eigenvalue weighted by atomic mass is 32.2. The van der Waals surface area contributed by atoms with Crippen molar-refractivity contribution in [2.24, 2.45) is 0 Å². The predicted molar refractivity (Wildman–Crippen MR) is 98.0 cm³/mol. The number of halogens is 1. The first-order valence-electron chi connectivity index (χ1n) is 8.73. The third-order valence-electron chi connectivity index (χ3n) is 4.31. The van der Waals surface area contributed by atoms with Gasteiger partial charge in [0, 0.05) is 32.2 Å². The van der Waals surface area contributed by atoms with Crippen LogP contribution >= 0.6 is 0 Å². The van der Waals surface area contributed by atoms with E-state index in [1.54, 1.807) is 25.7 Å². The Hall–Kier alpha value is -2.04. The van der Waals surface area contributed by atoms with Crippen LogP contribution in [0.4, 0.5) is 9.18 Å². The predicted octanol–water partition coefficient (Wildman–Crippen LogP) is 0.755. The molecule has 0 aromatic heterocycles. The smallest absolute Gasteiger partial charge is 0.321 e. The fraction of sp³-hybridized carbons (Fsp3) is 0.529. The molecule has 3 amide bonds. The Morgan fingerprint density at radius 2 is 1.67 bits per heavy atom. The quantitative estimate of drug-likeness (QED) is 0.760. The second-order valence-corrected chi connectivity index (χ2v) is 8.57. The van der Waals surface area contributed by atoms with E-state index in [1.165, 1.54) is 22.5 Å². The van der Waals surface area contributed by atoms with Crippen molar-refractivity contribution in [1.29, 1.82) is 0 Å². The zero-order valence-electron chi connectivity index (χ0n) is 15.6. The van der Waals surface area contributed by atoms with Crippen molar-refractivity contribution in [3.8, 4) is 0 Å². The van der Waals surface area contributed by atoms with Crippen LogP contribution in [0.3, 0.4) is 0 Å². The maximum Gasteiger partial charge on any atom is 0.321 e. The van der Waals surface area contributed by atoms with Crippen LogP contribution in [0.25, 0.3) is 0 Å². The molecule has 0 radical (unpaired) electrons. The number of carbonyl (C=O) groups is 2. The first-order valence-corrected chi connectivity index (χ1v) is 10.2. The van der Waals surface area contributed by atoms with Gasteiger partial charge in [0.2, 0.25) is 15.9 Å². The lowest BCUT2D eigenvalue weighted by Crippen LogP contribution is -2.56. The van der Waals surface area contributed by atoms with E-state index < -0.39 is 33.8 Å². The number of hydrogen-bond acceptors (Lipinski definition) is 5. The molecule has 0 aliphatic carbocycles. The number of nitrogens with zero attached hydrogens (tertiary/aromatic N) is 2. The van der Waals surface area contributed by atoms with Crippen molar-refractivity contribution in [3.63, 3.8) is 0 Å². The summed E-state index contributed by atoms with van der Waals surface area (Å²) in [7, 11) is -3.93. The maximum atomic E-state index is 13.9. The number of rotatable bonds is 5. The lowest BCUT2D eigenvalue weighted by atomic mass is 10.2. The molecule has 0 unspecified atom stereocenters. The molecule has 1 heterocycles. The molecule has 1 aliphatic rings. The summed E-state index contributed by atoms with van der Waals surface area (Å²) in [6.45, 7) is 6.07. The Bertz CT molecular complexity index is 792. The van der Waals surface area contributed by atoms with Gasteiger partial charge in [0.1, 0.15) is 10.7 Å². The van der Waals surface area contributed by atoms with Gasteiger partial charge in [-0.1, -0.05) is 12.1 Å². The van der Waals surface area contributed by atoms with Gasteiger partial charge in [-0.05, 0) is 32.9 Å². The highest BCUT2D eigenvalue weighted by Crippen LogP contribution is 2.20. The second kappa shape index (κ2) is 8.77. The summed E-state index contributed by atoms with van der Waals surface area (Å²) in [5.41, 5.74) is 0. The van der Waals surface area contributed by atoms with Gasteiger partial charge < -0.3 is 5.32 Å². The Balaban J connectivity index is 1.95. The van der Waals surface area contributed by atoms with Crippen LogP contribution < -0.4 is 10.6 Å². The van der Waals surface area contributed by atoms with Gasteiger partial charge in [0.25, 0.3) is 0 Å². The Morgan fingerprint density at radius 1 is 1.07 bits per heavy atom. The van der Waals surface area contributed by atoms with E-state index >= 15 is 0 Å². The van der Waals surface area contributed by atoms with E-state index in [4.69, 9.17) is 0 Å². The third-order valence-corrected chi connectivity index (χ3v) is 6.24. The molecule has 0 saturated carbocycles. The SMILES string of the molecule is CC(C)NC(=O)NC(=O)[C@H](C)N1CCN(S(=O)(=O)c2ccccc2F)CC1. The van der Waals surface area contributed by atoms with Crippen LogP contribution in [0.2, 0.25) is 0 Å². The van der Waals surface area contributed by atoms with Crippen LogP contribution in [0.15, 0.2) is 29.2 Å². The molecule has 0 spiro atoms. The molecule has 1 saturated heterocycles. The summed E-state index contributed by atoms with van der Waals surface area (Å²) in [6.07, 6.45) is 0. The number of carbonyl (C=O) groups excluding carboxylic acids is 2. The number of sulfonamides is 1. The van der Waals surface area contributed by atoms with E-state index in [2.05, 4.69) is 10.6 Å². The van der Waals surface area contributed by atoms with Crippen molar-refractivity contribution in [2.75, 3.05) is 26.2 Å². The van der Waals surface area contributed by atoms with Crippen molar-refractivity contribution < 1.29 is 22.4 Å². The van der Waals surface area contributed by atoms with Crippen LogP contribution in [-0.2, 0) is 14.8 Å². The molecule has 10 heteroatoms. The zero-order chi connectivity index (χ0) is 20.2. The number of urea groups is 1. The summed E-state index contributed by atoms with van der Waals surface area (Å²) in [6, 6.07) is 3.99. The number of piperazine rings is 1. The second-order valence-electron chi connectivity index (χ2n) is 6.66. The van der Waals surface area contributed by atoms with Crippen LogP contribution in [-0.4, -0.2) is 67.8 Å². The molecular formula is C17H25FN4O4S. The summed E-state index contributed by atoms with van der Waals surface area (Å²) < 4.78 is 40.3. The van der Waals surface area contributed by atoms with E-state index in [1.807, 2.05) is 0 Å². The number of hydrogen-bond donors (Lipinski definition) is 2. The Kier molecular flexibility index (Phi) is 6.90. The molecule has 1 aromatic carbocycles. The minimum atomic E-state index is -3.93. The Labute approximate surface area is 158 Å². The van der Waals surface area contributed by atoms with Gasteiger partial charge in [-0.25, -0.2) is 17.6 Å². The fourth-order valence-corrected chi connectivity index (χ4v) is 4.29. The first-order chi connectivity index (χ1) is 12.6. The van der Waals surface area contributed by atoms with Gasteiger partial charge in [-0.15, -0.1) is 0 Å². The number of imide groups is 1. The fourth-order valence-electron chi connectivity index (χ4n) is 2.80. The summed E-state index contributed by atoms with van der Waals surface area (Å²) in [4.78, 5) is 25.3. The molecule has 0 bridgehead atoms. The summed E-state index contributed by atoms with van der Waals surface area (Å²) >= 11 is 0. The Morgan fingerprint density at radius 3 is 2.22 bits per heavy atom. The lowest BCUT2D eigenvalue weighted by Gasteiger charge is -2.36. The molecule has 1 fully saturated rings. The molecule has 8 nitrogen and oxygen atoms in total. The molecule has 1 aliphatic heterocycles. The standard InChI is InChI=1S/C17H25FN4O4S/c1-12(2)19-17(24)20-16(23)13(3)21-8-10-22(11-9-21)27(25,26)15-7-5-4-6-14(15)18/h4-7,12-13H,8-11H2,1-3H3,(H2,19,20,23,24)/t13-/m0/s1. The van der Waals surface area contributed by atoms with E-state index in [9.17, 15) is 22.4 Å². The minimum Gasteiger partial charge on any atom is -0.336 e. The van der Waals surface area contributed by atoms with Gasteiger partial charge in [-0.2, -0.15) is 4.31 Å². The van der Waals surface area contributed by atoms with Gasteiger partial charge >= 0.3 is 6.03 Å². The molecule has 2 rings (SSSR count). The van der Waals surface area contributed by atoms with Crippen molar-refractivity contribution in [1.82, 2.24) is 19.8 Å². The molecule has 1 atom stereocenters. The molecular weight excluding hydrogens is 375 g/mol. The van der Waals surface area contributed by atoms with E-state index in [0.29, 0.717) is 13.1 Å². The minimum absolute atomic E-state index is 0.0970. The van der Waals surface area contributed by atoms with Gasteiger partial charge in [0.15, 0.2) is 0 Å². The largest absolute Gasteiger partial charge is 0.336 e. The molecule has 1 aromatic rings. The topological polar surface area (TPSA) is 98.8 Å². The van der Waals surface area contributed by atoms with Gasteiger partial charge in [-0.3, -0.25) is 15.0 Å². The van der Waals surface area contributed by atoms with Crippen LogP contribution in [0.1, 0.15) is 20.8 Å². The van der Waals surface area contributed by atoms with E-state index in [0.717, 1.165) is 6.07 Å². The normalized spacial score (nSPS) is 17.5. The highest BCUT2D eigenvalue weighted by Gasteiger charge is 2.33. The zero-order valence-corrected chi connectivity index (χ0v) is 16.4. The molecule has 27 heavy (non-hydrogen) atoms. The first kappa shape index (κ1) is 21.3. The van der Waals surface area contributed by atoms with Crippen molar-refractivity contribution in [3.05, 3.63) is 30.1 Å². The van der Waals surface area contributed by atoms with Gasteiger partial charge in [0.05, 0.1) is 6.04 Å². The lowest BCUT2D eigenvalue weighted by molar-refractivity contribution is -0.125. The number of amides is 3. The van der Waals surface area contributed by atoms with Crippen LogP contribution in [0, 0.1) is 5.82 Å². The molecule has 150 valence electrons.